The molecule has 1 aliphatic carbocycles. The van der Waals surface area contributed by atoms with Crippen LogP contribution in [-0.2, 0) is 6.54 Å². The number of halogens is 2. The maximum atomic E-state index is 14.1. The highest BCUT2D eigenvalue weighted by Gasteiger charge is 2.31. The van der Waals surface area contributed by atoms with Crippen LogP contribution in [0.15, 0.2) is 24.4 Å². The highest BCUT2D eigenvalue weighted by molar-refractivity contribution is 6.32. The van der Waals surface area contributed by atoms with E-state index in [1.165, 1.54) is 6.07 Å². The molecule has 106 valence electrons. The fraction of sp³-hybridized carbons (Fsp3) is 0.400. The number of hydrogen-bond acceptors (Lipinski definition) is 2. The Morgan fingerprint density at radius 3 is 2.90 bits per heavy atom. The molecular formula is C15H17ClFN3. The van der Waals surface area contributed by atoms with Gasteiger partial charge in [0.05, 0.1) is 16.9 Å². The molecule has 0 aliphatic heterocycles. The predicted octanol–water partition coefficient (Wildman–Crippen LogP) is 3.65. The predicted molar refractivity (Wildman–Crippen MR) is 77.9 cm³/mol. The first kappa shape index (κ1) is 13.6. The molecule has 1 heterocycles. The number of rotatable bonds is 5. The lowest BCUT2D eigenvalue weighted by Gasteiger charge is -2.11. The van der Waals surface area contributed by atoms with Crippen molar-refractivity contribution in [3.05, 3.63) is 46.5 Å². The third-order valence-electron chi connectivity index (χ3n) is 3.57. The average Bonchev–Trinajstić information content (AvgIpc) is 3.18. The van der Waals surface area contributed by atoms with Crippen molar-refractivity contribution < 1.29 is 4.39 Å². The minimum Gasteiger partial charge on any atom is -0.313 e. The lowest BCUT2D eigenvalue weighted by atomic mass is 10.1. The van der Waals surface area contributed by atoms with Gasteiger partial charge in [0, 0.05) is 18.0 Å². The summed E-state index contributed by atoms with van der Waals surface area (Å²) in [6, 6.07) is 4.73. The fourth-order valence-electron chi connectivity index (χ4n) is 2.45. The summed E-state index contributed by atoms with van der Waals surface area (Å²) in [6.45, 7) is 3.72. The molecule has 3 rings (SSSR count). The summed E-state index contributed by atoms with van der Waals surface area (Å²) >= 11 is 6.16. The van der Waals surface area contributed by atoms with E-state index in [4.69, 9.17) is 11.6 Å². The van der Waals surface area contributed by atoms with Gasteiger partial charge in [0.15, 0.2) is 0 Å². The van der Waals surface area contributed by atoms with E-state index in [1.54, 1.807) is 16.8 Å². The van der Waals surface area contributed by atoms with Crippen molar-refractivity contribution in [2.75, 3.05) is 6.54 Å². The summed E-state index contributed by atoms with van der Waals surface area (Å²) in [6.07, 6.45) is 4.09. The smallest absolute Gasteiger partial charge is 0.150 e. The maximum Gasteiger partial charge on any atom is 0.150 e. The minimum atomic E-state index is -0.336. The van der Waals surface area contributed by atoms with Gasteiger partial charge in [0.25, 0.3) is 0 Å². The Morgan fingerprint density at radius 2 is 2.25 bits per heavy atom. The van der Waals surface area contributed by atoms with Crippen LogP contribution in [0.5, 0.6) is 0 Å². The molecule has 0 unspecified atom stereocenters. The highest BCUT2D eigenvalue weighted by atomic mass is 35.5. The second-order valence-corrected chi connectivity index (χ2v) is 5.50. The topological polar surface area (TPSA) is 29.9 Å². The first-order valence-electron chi connectivity index (χ1n) is 6.94. The van der Waals surface area contributed by atoms with Gasteiger partial charge in [-0.2, -0.15) is 5.10 Å². The van der Waals surface area contributed by atoms with E-state index < -0.39 is 0 Å². The summed E-state index contributed by atoms with van der Waals surface area (Å²) in [7, 11) is 0. The molecule has 0 amide bonds. The summed E-state index contributed by atoms with van der Waals surface area (Å²) in [4.78, 5) is 0. The minimum absolute atomic E-state index is 0.336. The zero-order chi connectivity index (χ0) is 14.1. The SMILES string of the molecule is CCNCc1cnn(-c2c(F)cccc2Cl)c1C1CC1. The number of nitrogens with zero attached hydrogens (tertiary/aromatic N) is 2. The van der Waals surface area contributed by atoms with Crippen LogP contribution in [0.1, 0.15) is 36.9 Å². The van der Waals surface area contributed by atoms with Crippen LogP contribution in [0.2, 0.25) is 5.02 Å². The second kappa shape index (κ2) is 5.54. The molecule has 3 nitrogen and oxygen atoms in total. The molecule has 1 aromatic heterocycles. The van der Waals surface area contributed by atoms with Gasteiger partial charge >= 0.3 is 0 Å². The molecule has 0 bridgehead atoms. The molecule has 5 heteroatoms. The van der Waals surface area contributed by atoms with Crippen molar-refractivity contribution in [2.45, 2.75) is 32.2 Å². The van der Waals surface area contributed by atoms with Crippen molar-refractivity contribution in [1.82, 2.24) is 15.1 Å². The van der Waals surface area contributed by atoms with Gasteiger partial charge in [0.2, 0.25) is 0 Å². The van der Waals surface area contributed by atoms with E-state index in [0.717, 1.165) is 37.2 Å². The number of aromatic nitrogens is 2. The normalized spacial score (nSPS) is 14.8. The van der Waals surface area contributed by atoms with E-state index in [-0.39, 0.29) is 5.82 Å². The molecule has 0 radical (unpaired) electrons. The van der Waals surface area contributed by atoms with Crippen LogP contribution in [0, 0.1) is 5.82 Å². The zero-order valence-electron chi connectivity index (χ0n) is 11.4. The van der Waals surface area contributed by atoms with E-state index in [2.05, 4.69) is 17.3 Å². The molecule has 0 spiro atoms. The van der Waals surface area contributed by atoms with Crippen LogP contribution in [0.3, 0.4) is 0 Å². The summed E-state index contributed by atoms with van der Waals surface area (Å²) in [5.41, 5.74) is 2.59. The van der Waals surface area contributed by atoms with Crippen LogP contribution >= 0.6 is 11.6 Å². The van der Waals surface area contributed by atoms with E-state index in [0.29, 0.717) is 16.6 Å². The van der Waals surface area contributed by atoms with Gasteiger partial charge in [-0.05, 0) is 31.5 Å². The van der Waals surface area contributed by atoms with E-state index >= 15 is 0 Å². The van der Waals surface area contributed by atoms with E-state index in [9.17, 15) is 4.39 Å². The van der Waals surface area contributed by atoms with Crippen LogP contribution in [0.4, 0.5) is 4.39 Å². The molecule has 1 saturated carbocycles. The van der Waals surface area contributed by atoms with Crippen molar-refractivity contribution in [3.8, 4) is 5.69 Å². The van der Waals surface area contributed by atoms with Gasteiger partial charge in [-0.15, -0.1) is 0 Å². The molecule has 1 aromatic carbocycles. The number of hydrogen-bond donors (Lipinski definition) is 1. The lowest BCUT2D eigenvalue weighted by molar-refractivity contribution is 0.606. The van der Waals surface area contributed by atoms with Gasteiger partial charge < -0.3 is 5.32 Å². The van der Waals surface area contributed by atoms with Crippen molar-refractivity contribution in [2.24, 2.45) is 0 Å². The summed E-state index contributed by atoms with van der Waals surface area (Å²) in [5.74, 6) is 0.138. The van der Waals surface area contributed by atoms with Crippen LogP contribution < -0.4 is 5.32 Å². The quantitative estimate of drug-likeness (QED) is 0.912. The third kappa shape index (κ3) is 2.45. The Kier molecular flexibility index (Phi) is 3.76. The Morgan fingerprint density at radius 1 is 1.45 bits per heavy atom. The molecule has 1 fully saturated rings. The Balaban J connectivity index is 2.07. The standard InChI is InChI=1S/C15H17ClFN3/c1-2-18-8-11-9-19-20(14(11)10-6-7-10)15-12(16)4-3-5-13(15)17/h3-5,9-10,18H,2,6-8H2,1H3. The van der Waals surface area contributed by atoms with Gasteiger partial charge in [0.1, 0.15) is 11.5 Å². The molecule has 2 aromatic rings. The summed E-state index contributed by atoms with van der Waals surface area (Å²) < 4.78 is 15.8. The lowest BCUT2D eigenvalue weighted by Crippen LogP contribution is -2.13. The molecule has 0 atom stereocenters. The Hall–Kier alpha value is -1.39. The largest absolute Gasteiger partial charge is 0.313 e. The maximum absolute atomic E-state index is 14.1. The third-order valence-corrected chi connectivity index (χ3v) is 3.87. The Bertz CT molecular complexity index is 599. The molecule has 1 aliphatic rings. The van der Waals surface area contributed by atoms with Gasteiger partial charge in [-0.25, -0.2) is 9.07 Å². The molecule has 20 heavy (non-hydrogen) atoms. The monoisotopic (exact) mass is 293 g/mol. The van der Waals surface area contributed by atoms with E-state index in [1.807, 2.05) is 6.20 Å². The van der Waals surface area contributed by atoms with Crippen LogP contribution in [0.25, 0.3) is 5.69 Å². The second-order valence-electron chi connectivity index (χ2n) is 5.09. The molecular weight excluding hydrogens is 277 g/mol. The Labute approximate surface area is 122 Å². The number of nitrogens with one attached hydrogen (secondary N) is 1. The number of para-hydroxylation sites is 1. The fourth-order valence-corrected chi connectivity index (χ4v) is 2.69. The van der Waals surface area contributed by atoms with Crippen molar-refractivity contribution in [1.29, 1.82) is 0 Å². The van der Waals surface area contributed by atoms with Gasteiger partial charge in [-0.1, -0.05) is 24.6 Å². The number of benzene rings is 1. The van der Waals surface area contributed by atoms with Gasteiger partial charge in [-0.3, -0.25) is 0 Å². The van der Waals surface area contributed by atoms with Crippen molar-refractivity contribution in [3.63, 3.8) is 0 Å². The first-order valence-corrected chi connectivity index (χ1v) is 7.32. The van der Waals surface area contributed by atoms with Crippen LogP contribution in [-0.4, -0.2) is 16.3 Å². The average molecular weight is 294 g/mol. The highest BCUT2D eigenvalue weighted by Crippen LogP contribution is 2.43. The molecule has 1 N–H and O–H groups in total. The molecule has 0 saturated heterocycles. The zero-order valence-corrected chi connectivity index (χ0v) is 12.1. The first-order chi connectivity index (χ1) is 9.72. The summed E-state index contributed by atoms with van der Waals surface area (Å²) in [5, 5.41) is 8.07. The van der Waals surface area contributed by atoms with Crippen molar-refractivity contribution >= 4 is 11.6 Å².